The van der Waals surface area contributed by atoms with Gasteiger partial charge in [0.05, 0.1) is 12.6 Å². The number of hydrogen-bond acceptors (Lipinski definition) is 3. The molecule has 2 fully saturated rings. The maximum absolute atomic E-state index is 12.4. The molecule has 0 saturated heterocycles. The van der Waals surface area contributed by atoms with Crippen molar-refractivity contribution in [3.63, 3.8) is 0 Å². The lowest BCUT2D eigenvalue weighted by Gasteiger charge is -2.25. The van der Waals surface area contributed by atoms with Gasteiger partial charge in [0.15, 0.2) is 0 Å². The van der Waals surface area contributed by atoms with Crippen LogP contribution in [0.3, 0.4) is 0 Å². The second-order valence-electron chi connectivity index (χ2n) is 5.56. The van der Waals surface area contributed by atoms with Gasteiger partial charge in [-0.05, 0) is 36.6 Å². The first-order chi connectivity index (χ1) is 8.74. The van der Waals surface area contributed by atoms with Crippen molar-refractivity contribution < 1.29 is 4.79 Å². The molecule has 2 aliphatic rings. The average Bonchev–Trinajstić information content (AvgIpc) is 3.28. The second kappa shape index (κ2) is 5.02. The van der Waals surface area contributed by atoms with Crippen molar-refractivity contribution in [3.05, 3.63) is 22.4 Å². The van der Waals surface area contributed by atoms with E-state index in [9.17, 15) is 4.79 Å². The van der Waals surface area contributed by atoms with Gasteiger partial charge < -0.3 is 10.6 Å². The van der Waals surface area contributed by atoms with Gasteiger partial charge in [0.1, 0.15) is 0 Å². The molecule has 2 aliphatic carbocycles. The maximum Gasteiger partial charge on any atom is 0.240 e. The number of carbonyl (C=O) groups is 1. The summed E-state index contributed by atoms with van der Waals surface area (Å²) < 4.78 is 0. The largest absolute Gasteiger partial charge is 0.333 e. The summed E-state index contributed by atoms with van der Waals surface area (Å²) in [7, 11) is 0. The fourth-order valence-electron chi connectivity index (χ4n) is 2.37. The van der Waals surface area contributed by atoms with Gasteiger partial charge in [0.25, 0.3) is 0 Å². The molecule has 1 heterocycles. The van der Waals surface area contributed by atoms with Crippen LogP contribution in [0.15, 0.2) is 17.5 Å². The van der Waals surface area contributed by atoms with Gasteiger partial charge in [-0.1, -0.05) is 18.9 Å². The maximum atomic E-state index is 12.4. The molecule has 2 saturated carbocycles. The highest BCUT2D eigenvalue weighted by atomic mass is 32.1. The Bertz CT molecular complexity index is 409. The topological polar surface area (TPSA) is 46.3 Å². The lowest BCUT2D eigenvalue weighted by molar-refractivity contribution is -0.134. The molecule has 1 aromatic heterocycles. The summed E-state index contributed by atoms with van der Waals surface area (Å²) in [5.41, 5.74) is 6.07. The standard InChI is InChI=1S/C14H20N2OS/c15-13(8-10-3-4-10)14(17)16(11-5-6-11)9-12-2-1-7-18-12/h1-2,7,10-11,13H,3-6,8-9,15H2/t13-/m0/s1. The molecule has 1 aromatic rings. The number of carbonyl (C=O) groups excluding carboxylic acids is 1. The van der Waals surface area contributed by atoms with Gasteiger partial charge in [0, 0.05) is 10.9 Å². The number of nitrogens with zero attached hydrogens (tertiary/aromatic N) is 1. The van der Waals surface area contributed by atoms with E-state index in [-0.39, 0.29) is 11.9 Å². The Hall–Kier alpha value is -0.870. The van der Waals surface area contributed by atoms with Crippen LogP contribution in [-0.4, -0.2) is 22.9 Å². The zero-order chi connectivity index (χ0) is 12.5. The van der Waals surface area contributed by atoms with Crippen LogP contribution in [0.4, 0.5) is 0 Å². The lowest BCUT2D eigenvalue weighted by Crippen LogP contribution is -2.44. The first-order valence-electron chi connectivity index (χ1n) is 6.82. The second-order valence-corrected chi connectivity index (χ2v) is 6.59. The van der Waals surface area contributed by atoms with E-state index in [0.717, 1.165) is 25.8 Å². The molecule has 0 radical (unpaired) electrons. The van der Waals surface area contributed by atoms with Gasteiger partial charge in [-0.2, -0.15) is 0 Å². The summed E-state index contributed by atoms with van der Waals surface area (Å²) in [6.07, 6.45) is 5.69. The van der Waals surface area contributed by atoms with Gasteiger partial charge in [-0.25, -0.2) is 0 Å². The number of amides is 1. The van der Waals surface area contributed by atoms with Crippen molar-refractivity contribution >= 4 is 17.2 Å². The monoisotopic (exact) mass is 264 g/mol. The molecule has 0 spiro atoms. The Morgan fingerprint density at radius 1 is 1.44 bits per heavy atom. The molecule has 0 aromatic carbocycles. The molecular formula is C14H20N2OS. The van der Waals surface area contributed by atoms with Crippen LogP contribution >= 0.6 is 11.3 Å². The highest BCUT2D eigenvalue weighted by Crippen LogP contribution is 2.35. The van der Waals surface area contributed by atoms with Gasteiger partial charge in [-0.3, -0.25) is 4.79 Å². The summed E-state index contributed by atoms with van der Waals surface area (Å²) >= 11 is 1.72. The molecule has 0 unspecified atom stereocenters. The SMILES string of the molecule is N[C@@H](CC1CC1)C(=O)N(Cc1cccs1)C1CC1. The quantitative estimate of drug-likeness (QED) is 0.857. The lowest BCUT2D eigenvalue weighted by atomic mass is 10.1. The molecule has 0 bridgehead atoms. The highest BCUT2D eigenvalue weighted by Gasteiger charge is 2.36. The number of thiophene rings is 1. The minimum absolute atomic E-state index is 0.165. The van der Waals surface area contributed by atoms with Crippen LogP contribution in [-0.2, 0) is 11.3 Å². The Labute approximate surface area is 112 Å². The fourth-order valence-corrected chi connectivity index (χ4v) is 3.07. The van der Waals surface area contributed by atoms with E-state index in [1.807, 2.05) is 11.0 Å². The van der Waals surface area contributed by atoms with Crippen molar-refractivity contribution in [2.45, 2.75) is 50.7 Å². The Morgan fingerprint density at radius 2 is 2.22 bits per heavy atom. The normalized spacial score (nSPS) is 20.7. The van der Waals surface area contributed by atoms with E-state index in [2.05, 4.69) is 11.4 Å². The van der Waals surface area contributed by atoms with E-state index < -0.39 is 0 Å². The third kappa shape index (κ3) is 2.93. The Kier molecular flexibility index (Phi) is 3.39. The molecule has 3 rings (SSSR count). The van der Waals surface area contributed by atoms with Crippen molar-refractivity contribution in [1.82, 2.24) is 4.90 Å². The molecule has 1 amide bonds. The van der Waals surface area contributed by atoms with Crippen LogP contribution in [0.5, 0.6) is 0 Å². The van der Waals surface area contributed by atoms with E-state index in [1.165, 1.54) is 17.7 Å². The molecule has 4 heteroatoms. The van der Waals surface area contributed by atoms with Crippen LogP contribution in [0, 0.1) is 5.92 Å². The van der Waals surface area contributed by atoms with Crippen LogP contribution in [0.25, 0.3) is 0 Å². The van der Waals surface area contributed by atoms with Crippen molar-refractivity contribution in [3.8, 4) is 0 Å². The van der Waals surface area contributed by atoms with Crippen LogP contribution in [0.2, 0.25) is 0 Å². The summed E-state index contributed by atoms with van der Waals surface area (Å²) in [5, 5.41) is 2.06. The van der Waals surface area contributed by atoms with Gasteiger partial charge in [0.2, 0.25) is 5.91 Å². The zero-order valence-electron chi connectivity index (χ0n) is 10.5. The predicted molar refractivity (Wildman–Crippen MR) is 73.2 cm³/mol. The summed E-state index contributed by atoms with van der Waals surface area (Å²) in [4.78, 5) is 15.7. The number of nitrogens with two attached hydrogens (primary N) is 1. The molecule has 1 atom stereocenters. The van der Waals surface area contributed by atoms with Gasteiger partial charge in [-0.15, -0.1) is 11.3 Å². The molecule has 3 nitrogen and oxygen atoms in total. The minimum Gasteiger partial charge on any atom is -0.333 e. The molecule has 0 aliphatic heterocycles. The Balaban J connectivity index is 1.62. The summed E-state index contributed by atoms with van der Waals surface area (Å²) in [6, 6.07) is 4.31. The predicted octanol–water partition coefficient (Wildman–Crippen LogP) is 2.37. The van der Waals surface area contributed by atoms with E-state index in [1.54, 1.807) is 11.3 Å². The third-order valence-electron chi connectivity index (χ3n) is 3.78. The first-order valence-corrected chi connectivity index (χ1v) is 7.70. The summed E-state index contributed by atoms with van der Waals surface area (Å²) in [6.45, 7) is 0.750. The Morgan fingerprint density at radius 3 is 2.78 bits per heavy atom. The highest BCUT2D eigenvalue weighted by molar-refractivity contribution is 7.09. The summed E-state index contributed by atoms with van der Waals surface area (Å²) in [5.74, 6) is 0.879. The fraction of sp³-hybridized carbons (Fsp3) is 0.643. The average molecular weight is 264 g/mol. The van der Waals surface area contributed by atoms with E-state index in [4.69, 9.17) is 5.73 Å². The minimum atomic E-state index is -0.280. The number of hydrogen-bond donors (Lipinski definition) is 1. The van der Waals surface area contributed by atoms with Crippen molar-refractivity contribution in [2.75, 3.05) is 0 Å². The van der Waals surface area contributed by atoms with E-state index >= 15 is 0 Å². The molecule has 18 heavy (non-hydrogen) atoms. The van der Waals surface area contributed by atoms with Crippen LogP contribution in [0.1, 0.15) is 37.0 Å². The van der Waals surface area contributed by atoms with Gasteiger partial charge >= 0.3 is 0 Å². The first kappa shape index (κ1) is 12.2. The van der Waals surface area contributed by atoms with Crippen molar-refractivity contribution in [1.29, 1.82) is 0 Å². The third-order valence-corrected chi connectivity index (χ3v) is 4.64. The zero-order valence-corrected chi connectivity index (χ0v) is 11.4. The van der Waals surface area contributed by atoms with E-state index in [0.29, 0.717) is 12.0 Å². The van der Waals surface area contributed by atoms with Crippen LogP contribution < -0.4 is 5.73 Å². The number of rotatable bonds is 6. The smallest absolute Gasteiger partial charge is 0.240 e. The molecule has 2 N–H and O–H groups in total. The van der Waals surface area contributed by atoms with Crippen molar-refractivity contribution in [2.24, 2.45) is 11.7 Å². The molecular weight excluding hydrogens is 244 g/mol. The molecule has 98 valence electrons.